The van der Waals surface area contributed by atoms with Crippen molar-refractivity contribution in [2.75, 3.05) is 13.2 Å². The van der Waals surface area contributed by atoms with Gasteiger partial charge in [-0.05, 0) is 37.0 Å². The maximum atomic E-state index is 11.7. The van der Waals surface area contributed by atoms with Crippen LogP contribution in [0.3, 0.4) is 0 Å². The minimum atomic E-state index is -0.175. The summed E-state index contributed by atoms with van der Waals surface area (Å²) in [5.41, 5.74) is 0.982. The summed E-state index contributed by atoms with van der Waals surface area (Å²) in [6, 6.07) is 7.70. The third-order valence-electron chi connectivity index (χ3n) is 3.53. The Balaban J connectivity index is 1.69. The van der Waals surface area contributed by atoms with Crippen LogP contribution >= 0.6 is 0 Å². The van der Waals surface area contributed by atoms with Crippen LogP contribution in [0.4, 0.5) is 0 Å². The van der Waals surface area contributed by atoms with Gasteiger partial charge in [0.15, 0.2) is 0 Å². The van der Waals surface area contributed by atoms with E-state index in [0.29, 0.717) is 13.2 Å². The van der Waals surface area contributed by atoms with Crippen molar-refractivity contribution in [3.05, 3.63) is 29.8 Å². The zero-order valence-electron chi connectivity index (χ0n) is 13.1. The van der Waals surface area contributed by atoms with Crippen molar-refractivity contribution >= 4 is 11.8 Å². The minimum absolute atomic E-state index is 0.0125. The molecule has 0 saturated heterocycles. The predicted octanol–water partition coefficient (Wildman–Crippen LogP) is 2.01. The molecule has 0 radical (unpaired) electrons. The quantitative estimate of drug-likeness (QED) is 0.686. The van der Waals surface area contributed by atoms with Gasteiger partial charge in [0.25, 0.3) is 0 Å². The molecule has 0 bridgehead atoms. The SMILES string of the molecule is CCCCOc1cccc(CNC(=O)CNC(=O)C2CC2)c1. The average Bonchev–Trinajstić information content (AvgIpc) is 3.36. The summed E-state index contributed by atoms with van der Waals surface area (Å²) < 4.78 is 5.64. The molecule has 22 heavy (non-hydrogen) atoms. The molecule has 1 aliphatic carbocycles. The van der Waals surface area contributed by atoms with Gasteiger partial charge < -0.3 is 15.4 Å². The Kier molecular flexibility index (Phi) is 6.25. The average molecular weight is 304 g/mol. The first kappa shape index (κ1) is 16.3. The Morgan fingerprint density at radius 2 is 2.09 bits per heavy atom. The normalized spacial score (nSPS) is 13.5. The van der Waals surface area contributed by atoms with Crippen LogP contribution in [0.2, 0.25) is 0 Å². The third kappa shape index (κ3) is 5.76. The molecule has 0 heterocycles. The summed E-state index contributed by atoms with van der Waals surface area (Å²) in [5.74, 6) is 0.764. The van der Waals surface area contributed by atoms with Gasteiger partial charge >= 0.3 is 0 Å². The molecule has 0 spiro atoms. The second-order valence-corrected chi connectivity index (χ2v) is 5.62. The van der Waals surface area contributed by atoms with Gasteiger partial charge in [-0.1, -0.05) is 25.5 Å². The number of carbonyl (C=O) groups excluding carboxylic acids is 2. The second-order valence-electron chi connectivity index (χ2n) is 5.62. The van der Waals surface area contributed by atoms with Crippen LogP contribution in [-0.4, -0.2) is 25.0 Å². The topological polar surface area (TPSA) is 67.4 Å². The number of rotatable bonds is 9. The lowest BCUT2D eigenvalue weighted by Gasteiger charge is -2.09. The maximum absolute atomic E-state index is 11.7. The summed E-state index contributed by atoms with van der Waals surface area (Å²) >= 11 is 0. The van der Waals surface area contributed by atoms with Crippen molar-refractivity contribution in [1.82, 2.24) is 10.6 Å². The minimum Gasteiger partial charge on any atom is -0.494 e. The molecule has 5 heteroatoms. The van der Waals surface area contributed by atoms with E-state index in [1.807, 2.05) is 24.3 Å². The molecule has 5 nitrogen and oxygen atoms in total. The first-order chi connectivity index (χ1) is 10.7. The van der Waals surface area contributed by atoms with E-state index in [0.717, 1.165) is 37.0 Å². The molecule has 0 aromatic heterocycles. The van der Waals surface area contributed by atoms with Gasteiger partial charge in [-0.25, -0.2) is 0 Å². The Labute approximate surface area is 131 Å². The van der Waals surface area contributed by atoms with Crippen molar-refractivity contribution in [3.63, 3.8) is 0 Å². The molecule has 2 rings (SSSR count). The fourth-order valence-corrected chi connectivity index (χ4v) is 2.00. The van der Waals surface area contributed by atoms with E-state index in [9.17, 15) is 9.59 Å². The number of carbonyl (C=O) groups is 2. The van der Waals surface area contributed by atoms with Crippen molar-refractivity contribution in [2.24, 2.45) is 5.92 Å². The largest absolute Gasteiger partial charge is 0.494 e. The molecule has 0 atom stereocenters. The van der Waals surface area contributed by atoms with Crippen LogP contribution < -0.4 is 15.4 Å². The summed E-state index contributed by atoms with van der Waals surface area (Å²) in [5, 5.41) is 5.45. The van der Waals surface area contributed by atoms with Gasteiger partial charge in [0.2, 0.25) is 11.8 Å². The molecule has 0 aliphatic heterocycles. The van der Waals surface area contributed by atoms with E-state index in [4.69, 9.17) is 4.74 Å². The number of nitrogens with one attached hydrogen (secondary N) is 2. The van der Waals surface area contributed by atoms with Crippen LogP contribution in [-0.2, 0) is 16.1 Å². The third-order valence-corrected chi connectivity index (χ3v) is 3.53. The summed E-state index contributed by atoms with van der Waals surface area (Å²) in [4.78, 5) is 23.1. The molecule has 2 amide bonds. The first-order valence-electron chi connectivity index (χ1n) is 7.95. The highest BCUT2D eigenvalue weighted by Crippen LogP contribution is 2.28. The Hall–Kier alpha value is -2.04. The number of hydrogen-bond donors (Lipinski definition) is 2. The zero-order chi connectivity index (χ0) is 15.8. The highest BCUT2D eigenvalue weighted by Gasteiger charge is 2.29. The van der Waals surface area contributed by atoms with Gasteiger partial charge in [0, 0.05) is 12.5 Å². The fourth-order valence-electron chi connectivity index (χ4n) is 2.00. The van der Waals surface area contributed by atoms with Crippen LogP contribution in [0.5, 0.6) is 5.75 Å². The van der Waals surface area contributed by atoms with Crippen molar-refractivity contribution in [1.29, 1.82) is 0 Å². The van der Waals surface area contributed by atoms with E-state index in [2.05, 4.69) is 17.6 Å². The fraction of sp³-hybridized carbons (Fsp3) is 0.529. The number of hydrogen-bond acceptors (Lipinski definition) is 3. The Morgan fingerprint density at radius 3 is 2.82 bits per heavy atom. The molecule has 0 unspecified atom stereocenters. The van der Waals surface area contributed by atoms with E-state index in [-0.39, 0.29) is 24.3 Å². The highest BCUT2D eigenvalue weighted by atomic mass is 16.5. The van der Waals surface area contributed by atoms with E-state index in [1.165, 1.54) is 0 Å². The standard InChI is InChI=1S/C17H24N2O3/c1-2-3-9-22-15-6-4-5-13(10-15)11-18-16(20)12-19-17(21)14-7-8-14/h4-6,10,14H,2-3,7-9,11-12H2,1H3,(H,18,20)(H,19,21). The molecular formula is C17H24N2O3. The highest BCUT2D eigenvalue weighted by molar-refractivity contribution is 5.86. The first-order valence-corrected chi connectivity index (χ1v) is 7.95. The molecule has 120 valence electrons. The zero-order valence-corrected chi connectivity index (χ0v) is 13.1. The van der Waals surface area contributed by atoms with Crippen molar-refractivity contribution in [2.45, 2.75) is 39.2 Å². The van der Waals surface area contributed by atoms with Crippen LogP contribution in [0, 0.1) is 5.92 Å². The number of benzene rings is 1. The molecule has 1 aromatic rings. The number of ether oxygens (including phenoxy) is 1. The van der Waals surface area contributed by atoms with Gasteiger partial charge in [-0.15, -0.1) is 0 Å². The Morgan fingerprint density at radius 1 is 1.27 bits per heavy atom. The number of unbranched alkanes of at least 4 members (excludes halogenated alkanes) is 1. The van der Waals surface area contributed by atoms with Gasteiger partial charge in [-0.2, -0.15) is 0 Å². The van der Waals surface area contributed by atoms with Gasteiger partial charge in [0.05, 0.1) is 13.2 Å². The van der Waals surface area contributed by atoms with Crippen LogP contribution in [0.1, 0.15) is 38.2 Å². The summed E-state index contributed by atoms with van der Waals surface area (Å²) in [7, 11) is 0. The Bertz CT molecular complexity index is 512. The van der Waals surface area contributed by atoms with Crippen molar-refractivity contribution in [3.8, 4) is 5.75 Å². The molecule has 1 aromatic carbocycles. The summed E-state index contributed by atoms with van der Waals surface area (Å²) in [6.07, 6.45) is 4.01. The summed E-state index contributed by atoms with van der Waals surface area (Å²) in [6.45, 7) is 3.31. The van der Waals surface area contributed by atoms with Crippen LogP contribution in [0.25, 0.3) is 0 Å². The lowest BCUT2D eigenvalue weighted by atomic mass is 10.2. The molecule has 1 aliphatic rings. The lowest BCUT2D eigenvalue weighted by molar-refractivity contribution is -0.126. The molecule has 2 N–H and O–H groups in total. The molecule has 1 fully saturated rings. The van der Waals surface area contributed by atoms with Gasteiger partial charge in [-0.3, -0.25) is 9.59 Å². The van der Waals surface area contributed by atoms with E-state index in [1.54, 1.807) is 0 Å². The predicted molar refractivity (Wildman–Crippen MR) is 84.4 cm³/mol. The smallest absolute Gasteiger partial charge is 0.239 e. The number of amides is 2. The maximum Gasteiger partial charge on any atom is 0.239 e. The second kappa shape index (κ2) is 8.41. The van der Waals surface area contributed by atoms with E-state index < -0.39 is 0 Å². The van der Waals surface area contributed by atoms with E-state index >= 15 is 0 Å². The van der Waals surface area contributed by atoms with Crippen molar-refractivity contribution < 1.29 is 14.3 Å². The van der Waals surface area contributed by atoms with Gasteiger partial charge in [0.1, 0.15) is 5.75 Å². The van der Waals surface area contributed by atoms with Crippen LogP contribution in [0.15, 0.2) is 24.3 Å². The molecular weight excluding hydrogens is 280 g/mol. The lowest BCUT2D eigenvalue weighted by Crippen LogP contribution is -2.37. The molecule has 1 saturated carbocycles. The monoisotopic (exact) mass is 304 g/mol.